The molecule has 0 fully saturated rings. The monoisotopic (exact) mass is 306 g/mol. The smallest absolute Gasteiger partial charge is 0.222 e. The van der Waals surface area contributed by atoms with Crippen molar-refractivity contribution in [2.45, 2.75) is 6.42 Å². The molecule has 0 saturated heterocycles. The van der Waals surface area contributed by atoms with Gasteiger partial charge in [0.05, 0.1) is 0 Å². The zero-order valence-corrected chi connectivity index (χ0v) is 10.7. The first-order valence-corrected chi connectivity index (χ1v) is 5.62. The molecule has 0 bridgehead atoms. The first-order valence-electron chi connectivity index (χ1n) is 4.54. The van der Waals surface area contributed by atoms with E-state index >= 15 is 0 Å². The molecule has 14 heavy (non-hydrogen) atoms. The molecule has 4 nitrogen and oxygen atoms in total. The average molecular weight is 306 g/mol. The van der Waals surface area contributed by atoms with E-state index in [1.807, 2.05) is 12.4 Å². The lowest BCUT2D eigenvalue weighted by Crippen LogP contribution is -2.16. The quantitative estimate of drug-likeness (QED) is 0.660. The summed E-state index contributed by atoms with van der Waals surface area (Å²) in [5, 5.41) is 3.18. The van der Waals surface area contributed by atoms with Crippen molar-refractivity contribution in [3.8, 4) is 0 Å². The Hall–Kier alpha value is -0.430. The van der Waals surface area contributed by atoms with E-state index in [9.17, 15) is 0 Å². The fraction of sp³-hybridized carbons (Fsp3) is 0.556. The van der Waals surface area contributed by atoms with Crippen molar-refractivity contribution < 1.29 is 0 Å². The van der Waals surface area contributed by atoms with E-state index in [2.05, 4.69) is 56.9 Å². The topological polar surface area (TPSA) is 41.0 Å². The summed E-state index contributed by atoms with van der Waals surface area (Å²) >= 11 is 2.19. The highest BCUT2D eigenvalue weighted by Crippen LogP contribution is 2.02. The van der Waals surface area contributed by atoms with Gasteiger partial charge >= 0.3 is 0 Å². The Morgan fingerprint density at radius 1 is 1.36 bits per heavy atom. The van der Waals surface area contributed by atoms with Gasteiger partial charge in [-0.3, -0.25) is 0 Å². The van der Waals surface area contributed by atoms with Gasteiger partial charge in [0.15, 0.2) is 0 Å². The second-order valence-electron chi connectivity index (χ2n) is 3.31. The summed E-state index contributed by atoms with van der Waals surface area (Å²) in [7, 11) is 4.14. The third kappa shape index (κ3) is 4.71. The van der Waals surface area contributed by atoms with Crippen LogP contribution in [0.5, 0.6) is 0 Å². The average Bonchev–Trinajstić information content (AvgIpc) is 2.15. The van der Waals surface area contributed by atoms with E-state index in [-0.39, 0.29) is 0 Å². The minimum absolute atomic E-state index is 0.712. The summed E-state index contributed by atoms with van der Waals surface area (Å²) in [5.74, 6) is 0.712. The molecule has 0 unspecified atom stereocenters. The van der Waals surface area contributed by atoms with Crippen LogP contribution >= 0.6 is 22.6 Å². The van der Waals surface area contributed by atoms with Crippen LogP contribution in [0.25, 0.3) is 0 Å². The Balaban J connectivity index is 2.21. The van der Waals surface area contributed by atoms with E-state index in [1.54, 1.807) is 0 Å². The third-order valence-corrected chi connectivity index (χ3v) is 2.24. The van der Waals surface area contributed by atoms with Gasteiger partial charge in [-0.05, 0) is 49.7 Å². The summed E-state index contributed by atoms with van der Waals surface area (Å²) in [5.41, 5.74) is 0. The third-order valence-electron chi connectivity index (χ3n) is 1.69. The predicted molar refractivity (Wildman–Crippen MR) is 66.4 cm³/mol. The van der Waals surface area contributed by atoms with E-state index in [0.29, 0.717) is 5.95 Å². The van der Waals surface area contributed by atoms with Crippen LogP contribution in [0, 0.1) is 3.57 Å². The van der Waals surface area contributed by atoms with E-state index in [1.165, 1.54) is 0 Å². The Morgan fingerprint density at radius 2 is 2.00 bits per heavy atom. The number of anilines is 1. The number of halogens is 1. The van der Waals surface area contributed by atoms with Crippen molar-refractivity contribution in [1.29, 1.82) is 0 Å². The van der Waals surface area contributed by atoms with Crippen molar-refractivity contribution in [1.82, 2.24) is 14.9 Å². The molecule has 0 saturated carbocycles. The van der Waals surface area contributed by atoms with Crippen molar-refractivity contribution in [3.05, 3.63) is 16.0 Å². The summed E-state index contributed by atoms with van der Waals surface area (Å²) < 4.78 is 1.06. The molecule has 1 rings (SSSR count). The molecule has 0 atom stereocenters. The summed E-state index contributed by atoms with van der Waals surface area (Å²) in [6, 6.07) is 0. The molecule has 0 radical (unpaired) electrons. The number of aromatic nitrogens is 2. The maximum Gasteiger partial charge on any atom is 0.222 e. The molecule has 0 amide bonds. The molecule has 5 heteroatoms. The Bertz CT molecular complexity index is 260. The Kier molecular flexibility index (Phi) is 5.10. The molecule has 1 aromatic rings. The first-order chi connectivity index (χ1) is 6.68. The summed E-state index contributed by atoms with van der Waals surface area (Å²) in [4.78, 5) is 10.5. The molecule has 1 N–H and O–H groups in total. The molecule has 0 aliphatic heterocycles. The van der Waals surface area contributed by atoms with E-state index in [4.69, 9.17) is 0 Å². The van der Waals surface area contributed by atoms with Gasteiger partial charge in [0.2, 0.25) is 5.95 Å². The minimum Gasteiger partial charge on any atom is -0.354 e. The zero-order chi connectivity index (χ0) is 10.4. The second-order valence-corrected chi connectivity index (χ2v) is 4.55. The molecule has 0 aromatic carbocycles. The molecule has 1 heterocycles. The Labute approximate surface area is 98.3 Å². The zero-order valence-electron chi connectivity index (χ0n) is 8.50. The molecule has 78 valence electrons. The van der Waals surface area contributed by atoms with Gasteiger partial charge in [0, 0.05) is 22.5 Å². The summed E-state index contributed by atoms with van der Waals surface area (Å²) in [6.45, 7) is 2.00. The number of hydrogen-bond acceptors (Lipinski definition) is 4. The van der Waals surface area contributed by atoms with Crippen molar-refractivity contribution in [2.75, 3.05) is 32.5 Å². The fourth-order valence-electron chi connectivity index (χ4n) is 0.999. The van der Waals surface area contributed by atoms with Gasteiger partial charge < -0.3 is 10.2 Å². The number of rotatable bonds is 5. The van der Waals surface area contributed by atoms with Crippen LogP contribution in [0.3, 0.4) is 0 Å². The van der Waals surface area contributed by atoms with Crippen LogP contribution in [0.15, 0.2) is 12.4 Å². The molecule has 0 aliphatic rings. The highest BCUT2D eigenvalue weighted by atomic mass is 127. The van der Waals surface area contributed by atoms with Crippen LogP contribution in [0.2, 0.25) is 0 Å². The molecular weight excluding hydrogens is 291 g/mol. The standard InChI is InChI=1S/C9H15IN4/c1-14(2)5-3-4-11-9-12-6-8(10)7-13-9/h6-7H,3-5H2,1-2H3,(H,11,12,13). The lowest BCUT2D eigenvalue weighted by Gasteiger charge is -2.09. The first kappa shape index (κ1) is 11.6. The van der Waals surface area contributed by atoms with Crippen molar-refractivity contribution in [2.24, 2.45) is 0 Å². The van der Waals surface area contributed by atoms with Gasteiger partial charge in [-0.15, -0.1) is 0 Å². The number of hydrogen-bond donors (Lipinski definition) is 1. The van der Waals surface area contributed by atoms with Crippen LogP contribution in [0.4, 0.5) is 5.95 Å². The van der Waals surface area contributed by atoms with Crippen LogP contribution < -0.4 is 5.32 Å². The number of nitrogens with one attached hydrogen (secondary N) is 1. The van der Waals surface area contributed by atoms with Crippen LogP contribution in [-0.4, -0.2) is 42.1 Å². The molecular formula is C9H15IN4. The maximum absolute atomic E-state index is 4.15. The van der Waals surface area contributed by atoms with Gasteiger partial charge in [0.25, 0.3) is 0 Å². The van der Waals surface area contributed by atoms with Gasteiger partial charge in [-0.2, -0.15) is 0 Å². The highest BCUT2D eigenvalue weighted by Gasteiger charge is 1.95. The van der Waals surface area contributed by atoms with Gasteiger partial charge in [-0.25, -0.2) is 9.97 Å². The SMILES string of the molecule is CN(C)CCCNc1ncc(I)cn1. The lowest BCUT2D eigenvalue weighted by molar-refractivity contribution is 0.405. The number of nitrogens with zero attached hydrogens (tertiary/aromatic N) is 3. The fourth-order valence-corrected chi connectivity index (χ4v) is 1.28. The molecule has 1 aromatic heterocycles. The maximum atomic E-state index is 4.15. The molecule has 0 spiro atoms. The van der Waals surface area contributed by atoms with E-state index in [0.717, 1.165) is 23.1 Å². The van der Waals surface area contributed by atoms with Crippen molar-refractivity contribution >= 4 is 28.5 Å². The van der Waals surface area contributed by atoms with Gasteiger partial charge in [-0.1, -0.05) is 0 Å². The van der Waals surface area contributed by atoms with Crippen LogP contribution in [0.1, 0.15) is 6.42 Å². The van der Waals surface area contributed by atoms with Crippen LogP contribution in [-0.2, 0) is 0 Å². The highest BCUT2D eigenvalue weighted by molar-refractivity contribution is 14.1. The lowest BCUT2D eigenvalue weighted by atomic mass is 10.4. The molecule has 0 aliphatic carbocycles. The van der Waals surface area contributed by atoms with E-state index < -0.39 is 0 Å². The normalized spacial score (nSPS) is 10.6. The van der Waals surface area contributed by atoms with Crippen molar-refractivity contribution in [3.63, 3.8) is 0 Å². The largest absolute Gasteiger partial charge is 0.354 e. The minimum atomic E-state index is 0.712. The Morgan fingerprint density at radius 3 is 2.57 bits per heavy atom. The second kappa shape index (κ2) is 6.13. The summed E-state index contributed by atoms with van der Waals surface area (Å²) in [6.07, 6.45) is 4.71. The predicted octanol–water partition coefficient (Wildman–Crippen LogP) is 1.44. The van der Waals surface area contributed by atoms with Gasteiger partial charge in [0.1, 0.15) is 0 Å².